The Morgan fingerprint density at radius 2 is 1.75 bits per heavy atom. The van der Waals surface area contributed by atoms with Crippen molar-refractivity contribution in [3.05, 3.63) is 94.6 Å². The number of hydrogen-bond acceptors (Lipinski definition) is 6. The van der Waals surface area contributed by atoms with Crippen LogP contribution < -0.4 is 14.4 Å². The SMILES string of the molecule is CCCOc1ccc(/C(O)=C2/C(=O)C(=O)N(c3ccc(C#N)cc3)C2c2ccc(OC)cc2)cc1C. The fourth-order valence-electron chi connectivity index (χ4n) is 4.22. The molecule has 1 fully saturated rings. The Kier molecular flexibility index (Phi) is 7.07. The third-order valence-corrected chi connectivity index (χ3v) is 6.06. The van der Waals surface area contributed by atoms with Crippen LogP contribution in [0.15, 0.2) is 72.3 Å². The molecule has 1 aliphatic heterocycles. The van der Waals surface area contributed by atoms with E-state index in [9.17, 15) is 14.7 Å². The van der Waals surface area contributed by atoms with Crippen molar-refractivity contribution in [3.63, 3.8) is 0 Å². The van der Waals surface area contributed by atoms with Gasteiger partial charge in [-0.1, -0.05) is 19.1 Å². The number of methoxy groups -OCH3 is 1. The number of carbonyl (C=O) groups excluding carboxylic acids is 2. The van der Waals surface area contributed by atoms with Gasteiger partial charge in [0.1, 0.15) is 17.3 Å². The first-order valence-corrected chi connectivity index (χ1v) is 11.6. The maximum atomic E-state index is 13.3. The highest BCUT2D eigenvalue weighted by Crippen LogP contribution is 2.42. The van der Waals surface area contributed by atoms with E-state index in [1.165, 1.54) is 4.90 Å². The van der Waals surface area contributed by atoms with Crippen LogP contribution in [0.4, 0.5) is 5.69 Å². The minimum atomic E-state index is -0.875. The van der Waals surface area contributed by atoms with E-state index in [2.05, 4.69) is 0 Å². The number of ether oxygens (including phenoxy) is 2. The number of rotatable bonds is 7. The summed E-state index contributed by atoms with van der Waals surface area (Å²) in [6.07, 6.45) is 0.863. The molecular formula is C29H26N2O5. The van der Waals surface area contributed by atoms with Crippen LogP contribution in [-0.4, -0.2) is 30.5 Å². The van der Waals surface area contributed by atoms with E-state index in [0.717, 1.165) is 12.0 Å². The predicted octanol–water partition coefficient (Wildman–Crippen LogP) is 5.29. The number of hydrogen-bond donors (Lipinski definition) is 1. The monoisotopic (exact) mass is 482 g/mol. The van der Waals surface area contributed by atoms with Gasteiger partial charge in [0.05, 0.1) is 37.0 Å². The van der Waals surface area contributed by atoms with Gasteiger partial charge in [-0.15, -0.1) is 0 Å². The summed E-state index contributed by atoms with van der Waals surface area (Å²) in [6, 6.07) is 19.7. The molecule has 36 heavy (non-hydrogen) atoms. The topological polar surface area (TPSA) is 99.9 Å². The lowest BCUT2D eigenvalue weighted by Gasteiger charge is -2.25. The number of amides is 1. The second kappa shape index (κ2) is 10.4. The minimum Gasteiger partial charge on any atom is -0.507 e. The molecule has 3 aromatic carbocycles. The summed E-state index contributed by atoms with van der Waals surface area (Å²) in [5.74, 6) is -0.510. The van der Waals surface area contributed by atoms with Gasteiger partial charge in [0, 0.05) is 11.3 Å². The maximum absolute atomic E-state index is 13.3. The number of aliphatic hydroxyl groups is 1. The van der Waals surface area contributed by atoms with Crippen LogP contribution in [-0.2, 0) is 9.59 Å². The van der Waals surface area contributed by atoms with Gasteiger partial charge in [-0.3, -0.25) is 14.5 Å². The molecule has 4 rings (SSSR count). The number of carbonyl (C=O) groups is 2. The van der Waals surface area contributed by atoms with Crippen molar-refractivity contribution in [2.45, 2.75) is 26.3 Å². The molecule has 182 valence electrons. The number of anilines is 1. The zero-order valence-corrected chi connectivity index (χ0v) is 20.3. The van der Waals surface area contributed by atoms with Crippen molar-refractivity contribution in [2.24, 2.45) is 0 Å². The predicted molar refractivity (Wildman–Crippen MR) is 136 cm³/mol. The van der Waals surface area contributed by atoms with E-state index >= 15 is 0 Å². The normalized spacial score (nSPS) is 16.6. The average molecular weight is 483 g/mol. The number of nitrogens with zero attached hydrogens (tertiary/aromatic N) is 2. The summed E-state index contributed by atoms with van der Waals surface area (Å²) < 4.78 is 11.0. The van der Waals surface area contributed by atoms with Crippen LogP contribution >= 0.6 is 0 Å². The van der Waals surface area contributed by atoms with Crippen molar-refractivity contribution in [3.8, 4) is 17.6 Å². The third kappa shape index (κ3) is 4.53. The molecule has 0 radical (unpaired) electrons. The molecule has 3 aromatic rings. The van der Waals surface area contributed by atoms with E-state index in [1.807, 2.05) is 19.9 Å². The molecule has 1 saturated heterocycles. The summed E-state index contributed by atoms with van der Waals surface area (Å²) in [4.78, 5) is 27.9. The maximum Gasteiger partial charge on any atom is 0.300 e. The largest absolute Gasteiger partial charge is 0.507 e. The molecule has 0 bridgehead atoms. The van der Waals surface area contributed by atoms with Gasteiger partial charge in [0.2, 0.25) is 0 Å². The Labute approximate surface area is 209 Å². The second-order valence-electron chi connectivity index (χ2n) is 8.43. The number of ketones is 1. The van der Waals surface area contributed by atoms with Gasteiger partial charge in [-0.2, -0.15) is 5.26 Å². The number of Topliss-reactive ketones (excluding diaryl/α,β-unsaturated/α-hetero) is 1. The van der Waals surface area contributed by atoms with E-state index < -0.39 is 17.7 Å². The summed E-state index contributed by atoms with van der Waals surface area (Å²) in [6.45, 7) is 4.44. The first-order chi connectivity index (χ1) is 17.4. The number of aryl methyl sites for hydroxylation is 1. The van der Waals surface area contributed by atoms with E-state index in [1.54, 1.807) is 73.8 Å². The lowest BCUT2D eigenvalue weighted by atomic mass is 9.94. The van der Waals surface area contributed by atoms with Gasteiger partial charge in [0.25, 0.3) is 11.7 Å². The molecule has 1 unspecified atom stereocenters. The first-order valence-electron chi connectivity index (χ1n) is 11.6. The van der Waals surface area contributed by atoms with Gasteiger partial charge in [0.15, 0.2) is 0 Å². The second-order valence-corrected chi connectivity index (χ2v) is 8.43. The lowest BCUT2D eigenvalue weighted by molar-refractivity contribution is -0.132. The zero-order chi connectivity index (χ0) is 25.8. The van der Waals surface area contributed by atoms with Crippen molar-refractivity contribution in [2.75, 3.05) is 18.6 Å². The van der Waals surface area contributed by atoms with Crippen molar-refractivity contribution < 1.29 is 24.2 Å². The van der Waals surface area contributed by atoms with E-state index in [4.69, 9.17) is 14.7 Å². The summed E-state index contributed by atoms with van der Waals surface area (Å²) in [7, 11) is 1.55. The molecule has 1 N–H and O–H groups in total. The van der Waals surface area contributed by atoms with Crippen LogP contribution in [0, 0.1) is 18.3 Å². The Hall–Kier alpha value is -4.57. The standard InChI is InChI=1S/C29H26N2O5/c1-4-15-36-24-14-9-21(16-18(24)2)27(32)25-26(20-7-12-23(35-3)13-8-20)31(29(34)28(25)33)22-10-5-19(17-30)6-11-22/h5-14,16,26,32H,4,15H2,1-3H3/b27-25-. The zero-order valence-electron chi connectivity index (χ0n) is 20.3. The van der Waals surface area contributed by atoms with Crippen LogP contribution in [0.25, 0.3) is 5.76 Å². The fraction of sp³-hybridized carbons (Fsp3) is 0.207. The molecule has 0 aromatic heterocycles. The fourth-order valence-corrected chi connectivity index (χ4v) is 4.22. The molecule has 1 heterocycles. The van der Waals surface area contributed by atoms with Crippen LogP contribution in [0.5, 0.6) is 11.5 Å². The smallest absolute Gasteiger partial charge is 0.300 e. The number of nitriles is 1. The Morgan fingerprint density at radius 3 is 2.33 bits per heavy atom. The lowest BCUT2D eigenvalue weighted by Crippen LogP contribution is -2.29. The third-order valence-electron chi connectivity index (χ3n) is 6.06. The van der Waals surface area contributed by atoms with Gasteiger partial charge >= 0.3 is 0 Å². The molecule has 7 nitrogen and oxygen atoms in total. The molecule has 0 saturated carbocycles. The molecule has 1 aliphatic rings. The van der Waals surface area contributed by atoms with E-state index in [0.29, 0.717) is 40.5 Å². The Morgan fingerprint density at radius 1 is 1.06 bits per heavy atom. The minimum absolute atomic E-state index is 0.0175. The quantitative estimate of drug-likeness (QED) is 0.279. The molecule has 0 aliphatic carbocycles. The summed E-state index contributed by atoms with van der Waals surface area (Å²) >= 11 is 0. The average Bonchev–Trinajstić information content (AvgIpc) is 3.17. The van der Waals surface area contributed by atoms with Gasteiger partial charge in [-0.05, 0) is 79.1 Å². The van der Waals surface area contributed by atoms with Crippen LogP contribution in [0.3, 0.4) is 0 Å². The van der Waals surface area contributed by atoms with Gasteiger partial charge in [-0.25, -0.2) is 0 Å². The number of aliphatic hydroxyl groups excluding tert-OH is 1. The van der Waals surface area contributed by atoms with Crippen LogP contribution in [0.1, 0.15) is 41.6 Å². The van der Waals surface area contributed by atoms with Crippen molar-refractivity contribution >= 4 is 23.1 Å². The van der Waals surface area contributed by atoms with Crippen molar-refractivity contribution in [1.29, 1.82) is 5.26 Å². The first kappa shape index (κ1) is 24.6. The summed E-state index contributed by atoms with van der Waals surface area (Å²) in [5, 5.41) is 20.5. The highest BCUT2D eigenvalue weighted by molar-refractivity contribution is 6.51. The Bertz CT molecular complexity index is 1370. The van der Waals surface area contributed by atoms with Gasteiger partial charge < -0.3 is 14.6 Å². The molecule has 1 amide bonds. The van der Waals surface area contributed by atoms with Crippen LogP contribution in [0.2, 0.25) is 0 Å². The molecule has 0 spiro atoms. The molecule has 7 heteroatoms. The number of benzene rings is 3. The highest BCUT2D eigenvalue weighted by Gasteiger charge is 2.47. The molecular weight excluding hydrogens is 456 g/mol. The summed E-state index contributed by atoms with van der Waals surface area (Å²) in [5.41, 5.74) is 2.69. The Balaban J connectivity index is 1.86. The molecule has 1 atom stereocenters. The van der Waals surface area contributed by atoms with Crippen molar-refractivity contribution in [1.82, 2.24) is 0 Å². The highest BCUT2D eigenvalue weighted by atomic mass is 16.5. The van der Waals surface area contributed by atoms with E-state index in [-0.39, 0.29) is 11.3 Å².